The maximum atomic E-state index is 11.9. The lowest BCUT2D eigenvalue weighted by Gasteiger charge is -2.05. The van der Waals surface area contributed by atoms with Gasteiger partial charge in [0, 0.05) is 12.5 Å². The van der Waals surface area contributed by atoms with Crippen LogP contribution in [0.15, 0.2) is 18.2 Å². The van der Waals surface area contributed by atoms with Gasteiger partial charge in [0.05, 0.1) is 15.9 Å². The number of nitro groups is 2. The molecular formula is C23H36N2O6. The van der Waals surface area contributed by atoms with Crippen LogP contribution >= 0.6 is 0 Å². The highest BCUT2D eigenvalue weighted by Gasteiger charge is 2.22. The lowest BCUT2D eigenvalue weighted by atomic mass is 10.0. The van der Waals surface area contributed by atoms with Crippen LogP contribution in [-0.4, -0.2) is 15.8 Å². The molecule has 1 aromatic carbocycles. The summed E-state index contributed by atoms with van der Waals surface area (Å²) in [5.41, 5.74) is -0.998. The summed E-state index contributed by atoms with van der Waals surface area (Å²) < 4.78 is 5.05. The number of ether oxygens (including phenoxy) is 1. The molecule has 174 valence electrons. The number of rotatable bonds is 18. The van der Waals surface area contributed by atoms with E-state index in [-0.39, 0.29) is 12.2 Å². The van der Waals surface area contributed by atoms with E-state index in [0.717, 1.165) is 37.5 Å². The maximum absolute atomic E-state index is 11.9. The minimum atomic E-state index is -0.790. The van der Waals surface area contributed by atoms with Crippen LogP contribution in [0.5, 0.6) is 5.75 Å². The molecule has 0 aliphatic rings. The van der Waals surface area contributed by atoms with Crippen molar-refractivity contribution in [3.05, 3.63) is 38.4 Å². The zero-order chi connectivity index (χ0) is 22.9. The Bertz CT molecular complexity index is 693. The molecule has 0 radical (unpaired) electrons. The van der Waals surface area contributed by atoms with Crippen molar-refractivity contribution < 1.29 is 19.4 Å². The van der Waals surface area contributed by atoms with Gasteiger partial charge in [0.25, 0.3) is 5.69 Å². The van der Waals surface area contributed by atoms with E-state index in [1.165, 1.54) is 64.2 Å². The van der Waals surface area contributed by atoms with E-state index in [1.807, 2.05) is 0 Å². The maximum Gasteiger partial charge on any atom is 0.318 e. The minimum absolute atomic E-state index is 0.173. The first-order valence-electron chi connectivity index (χ1n) is 11.6. The number of benzene rings is 1. The van der Waals surface area contributed by atoms with Gasteiger partial charge in [-0.25, -0.2) is 0 Å². The second-order valence-corrected chi connectivity index (χ2v) is 7.99. The first kappa shape index (κ1) is 26.5. The second-order valence-electron chi connectivity index (χ2n) is 7.99. The van der Waals surface area contributed by atoms with Crippen molar-refractivity contribution in [1.82, 2.24) is 0 Å². The van der Waals surface area contributed by atoms with Crippen molar-refractivity contribution in [2.24, 2.45) is 0 Å². The molecule has 8 heteroatoms. The van der Waals surface area contributed by atoms with Gasteiger partial charge in [-0.2, -0.15) is 0 Å². The summed E-state index contributed by atoms with van der Waals surface area (Å²) in [5, 5.41) is 21.8. The predicted octanol–water partition coefficient (Wildman–Crippen LogP) is 7.28. The Balaban J connectivity index is 2.10. The number of nitro benzene ring substituents is 2. The highest BCUT2D eigenvalue weighted by Crippen LogP contribution is 2.31. The van der Waals surface area contributed by atoms with Crippen molar-refractivity contribution in [3.8, 4) is 5.75 Å². The monoisotopic (exact) mass is 436 g/mol. The number of hydrogen-bond donors (Lipinski definition) is 0. The normalized spacial score (nSPS) is 10.7. The topological polar surface area (TPSA) is 113 Å². The van der Waals surface area contributed by atoms with Crippen LogP contribution in [0.25, 0.3) is 0 Å². The Morgan fingerprint density at radius 2 is 1.26 bits per heavy atom. The fourth-order valence-electron chi connectivity index (χ4n) is 3.49. The summed E-state index contributed by atoms with van der Waals surface area (Å²) in [7, 11) is 0. The first-order valence-corrected chi connectivity index (χ1v) is 11.6. The van der Waals surface area contributed by atoms with Gasteiger partial charge in [-0.15, -0.1) is 0 Å². The van der Waals surface area contributed by atoms with Gasteiger partial charge < -0.3 is 4.74 Å². The van der Waals surface area contributed by atoms with E-state index in [4.69, 9.17) is 4.74 Å². The molecule has 1 aromatic rings. The molecule has 0 saturated carbocycles. The molecule has 1 rings (SSSR count). The number of nitrogens with zero attached hydrogens (tertiary/aromatic N) is 2. The van der Waals surface area contributed by atoms with Crippen LogP contribution in [0.3, 0.4) is 0 Å². The average molecular weight is 437 g/mol. The van der Waals surface area contributed by atoms with Gasteiger partial charge in [0.15, 0.2) is 0 Å². The highest BCUT2D eigenvalue weighted by atomic mass is 16.6. The Morgan fingerprint density at radius 1 is 0.774 bits per heavy atom. The first-order chi connectivity index (χ1) is 15.0. The SMILES string of the molecule is CCCCCCCCCCCCCCCCC(=O)Oc1ccc([N+](=O)[O-])cc1[N+](=O)[O-]. The molecule has 0 heterocycles. The molecule has 0 aromatic heterocycles. The molecule has 8 nitrogen and oxygen atoms in total. The quantitative estimate of drug-likeness (QED) is 0.0785. The number of esters is 1. The van der Waals surface area contributed by atoms with Crippen molar-refractivity contribution in [1.29, 1.82) is 0 Å². The standard InChI is InChI=1S/C23H36N2O6/c1-2-3-4-5-6-7-8-9-10-11-12-13-14-15-16-23(26)31-22-18-17-20(24(27)28)19-21(22)25(29)30/h17-19H,2-16H2,1H3. The zero-order valence-corrected chi connectivity index (χ0v) is 18.7. The molecule has 0 N–H and O–H groups in total. The fraction of sp³-hybridized carbons (Fsp3) is 0.696. The molecule has 0 fully saturated rings. The molecule has 31 heavy (non-hydrogen) atoms. The smallest absolute Gasteiger partial charge is 0.318 e. The molecule has 0 aliphatic carbocycles. The largest absolute Gasteiger partial charge is 0.419 e. The lowest BCUT2D eigenvalue weighted by molar-refractivity contribution is -0.394. The third kappa shape index (κ3) is 12.1. The van der Waals surface area contributed by atoms with Crippen molar-refractivity contribution in [3.63, 3.8) is 0 Å². The van der Waals surface area contributed by atoms with E-state index in [0.29, 0.717) is 6.42 Å². The summed E-state index contributed by atoms with van der Waals surface area (Å²) in [6, 6.07) is 2.98. The summed E-state index contributed by atoms with van der Waals surface area (Å²) in [5.74, 6) is -0.818. The van der Waals surface area contributed by atoms with E-state index in [2.05, 4.69) is 6.92 Å². The third-order valence-corrected chi connectivity index (χ3v) is 5.31. The minimum Gasteiger partial charge on any atom is -0.419 e. The van der Waals surface area contributed by atoms with Gasteiger partial charge in [0.1, 0.15) is 0 Å². The van der Waals surface area contributed by atoms with Crippen LogP contribution in [-0.2, 0) is 4.79 Å². The summed E-state index contributed by atoms with van der Waals surface area (Å²) in [6.07, 6.45) is 17.2. The summed E-state index contributed by atoms with van der Waals surface area (Å²) in [6.45, 7) is 2.24. The Labute approximate surface area is 184 Å². The molecule has 0 spiro atoms. The van der Waals surface area contributed by atoms with Crippen molar-refractivity contribution >= 4 is 17.3 Å². The average Bonchev–Trinajstić information content (AvgIpc) is 2.74. The summed E-state index contributed by atoms with van der Waals surface area (Å²) >= 11 is 0. The van der Waals surface area contributed by atoms with E-state index >= 15 is 0 Å². The predicted molar refractivity (Wildman–Crippen MR) is 120 cm³/mol. The molecular weight excluding hydrogens is 400 g/mol. The van der Waals surface area contributed by atoms with E-state index in [9.17, 15) is 25.0 Å². The Kier molecular flexibility index (Phi) is 13.9. The number of carbonyl (C=O) groups is 1. The van der Waals surface area contributed by atoms with Gasteiger partial charge in [-0.3, -0.25) is 25.0 Å². The molecule has 0 bridgehead atoms. The number of carbonyl (C=O) groups excluding carboxylic acids is 1. The van der Waals surface area contributed by atoms with Gasteiger partial charge >= 0.3 is 11.7 Å². The molecule has 0 saturated heterocycles. The third-order valence-electron chi connectivity index (χ3n) is 5.31. The van der Waals surface area contributed by atoms with Gasteiger partial charge in [-0.1, -0.05) is 90.4 Å². The van der Waals surface area contributed by atoms with Crippen molar-refractivity contribution in [2.45, 2.75) is 103 Å². The van der Waals surface area contributed by atoms with Crippen LogP contribution in [0.1, 0.15) is 103 Å². The molecule has 0 amide bonds. The number of unbranched alkanes of at least 4 members (excludes halogenated alkanes) is 13. The fourth-order valence-corrected chi connectivity index (χ4v) is 3.49. The van der Waals surface area contributed by atoms with Gasteiger partial charge in [0.2, 0.25) is 5.75 Å². The van der Waals surface area contributed by atoms with Crippen LogP contribution in [0, 0.1) is 20.2 Å². The second kappa shape index (κ2) is 16.2. The molecule has 0 aliphatic heterocycles. The Morgan fingerprint density at radius 3 is 1.71 bits per heavy atom. The number of non-ortho nitro benzene ring substituents is 1. The van der Waals surface area contributed by atoms with Crippen LogP contribution in [0.2, 0.25) is 0 Å². The van der Waals surface area contributed by atoms with E-state index in [1.54, 1.807) is 0 Å². The Hall–Kier alpha value is -2.51. The molecule has 0 unspecified atom stereocenters. The van der Waals surface area contributed by atoms with Crippen LogP contribution in [0.4, 0.5) is 11.4 Å². The van der Waals surface area contributed by atoms with E-state index < -0.39 is 27.2 Å². The lowest BCUT2D eigenvalue weighted by Crippen LogP contribution is -2.09. The molecule has 0 atom stereocenters. The highest BCUT2D eigenvalue weighted by molar-refractivity contribution is 5.74. The zero-order valence-electron chi connectivity index (χ0n) is 18.7. The van der Waals surface area contributed by atoms with Gasteiger partial charge in [-0.05, 0) is 12.5 Å². The summed E-state index contributed by atoms with van der Waals surface area (Å²) in [4.78, 5) is 32.2. The van der Waals surface area contributed by atoms with Crippen LogP contribution < -0.4 is 4.74 Å². The van der Waals surface area contributed by atoms with Crippen molar-refractivity contribution in [2.75, 3.05) is 0 Å². The number of hydrogen-bond acceptors (Lipinski definition) is 6.